The summed E-state index contributed by atoms with van der Waals surface area (Å²) in [5, 5.41) is 6.93. The minimum Gasteiger partial charge on any atom is -0.493 e. The predicted octanol–water partition coefficient (Wildman–Crippen LogP) is 18.1. The molecule has 9 aliphatic rings. The zero-order valence-corrected chi connectivity index (χ0v) is 46.7. The molecule has 12 aromatic rings. The molecule has 9 heterocycles. The molecular formula is C70H50O12P2. The minimum atomic E-state index is -4.81. The Kier molecular flexibility index (Phi) is 12.7. The van der Waals surface area contributed by atoms with Crippen molar-refractivity contribution in [2.75, 3.05) is 26.4 Å². The monoisotopic (exact) mass is 1140 g/mol. The van der Waals surface area contributed by atoms with Crippen LogP contribution in [0.2, 0.25) is 0 Å². The summed E-state index contributed by atoms with van der Waals surface area (Å²) >= 11 is 0. The maximum atomic E-state index is 14.4. The van der Waals surface area contributed by atoms with Crippen LogP contribution in [0.25, 0.3) is 110 Å². The van der Waals surface area contributed by atoms with Gasteiger partial charge in [-0.05, 0) is 138 Å². The van der Waals surface area contributed by atoms with Gasteiger partial charge in [0, 0.05) is 57.3 Å². The van der Waals surface area contributed by atoms with Gasteiger partial charge in [0.1, 0.15) is 46.0 Å². The molecule has 0 aromatic heterocycles. The van der Waals surface area contributed by atoms with Crippen LogP contribution in [-0.2, 0) is 9.13 Å². The standard InChI is InChI=1S/C70H50O12P2/c71-83(72)79-67-59-39-47-11-1-5-15-55(47)63(67)64-56-16-6-2-12-48(56)40-60(68(64)80-83)44-21-29-52(30-22-44)76-37-10-38-78-54-33-25-46(26-34-54)62-42-50-14-4-8-18-58(50)66-65-57-17-7-3-13-49(57)41-61(69(65)81-84(73,74)82-70(62)66)45-23-31-53(32-24-45)77-36-9-35-75-51-27-19-43(59)20-28-51/h1-8,11-34,39-42H,9-10,35-38H2,(H,71,72)(H,73,74). The molecule has 0 saturated heterocycles. The van der Waals surface area contributed by atoms with E-state index in [0.717, 1.165) is 65.3 Å². The van der Waals surface area contributed by atoms with Crippen molar-refractivity contribution >= 4 is 58.7 Å². The Hall–Kier alpha value is -9.54. The fourth-order valence-corrected chi connectivity index (χ4v) is 13.6. The van der Waals surface area contributed by atoms with Crippen molar-refractivity contribution in [3.05, 3.63) is 218 Å². The Morgan fingerprint density at radius 2 is 0.500 bits per heavy atom. The zero-order valence-electron chi connectivity index (χ0n) is 44.9. The van der Waals surface area contributed by atoms with Crippen LogP contribution in [0.5, 0.6) is 46.0 Å². The molecule has 0 amide bonds. The van der Waals surface area contributed by atoms with Crippen molar-refractivity contribution in [2.24, 2.45) is 0 Å². The van der Waals surface area contributed by atoms with E-state index in [0.29, 0.717) is 107 Å². The second kappa shape index (κ2) is 20.7. The molecule has 2 N–H and O–H groups in total. The van der Waals surface area contributed by atoms with Crippen LogP contribution >= 0.6 is 15.6 Å². The fraction of sp³-hybridized carbons (Fsp3) is 0.0857. The maximum absolute atomic E-state index is 14.4. The molecule has 14 heteroatoms. The van der Waals surface area contributed by atoms with Crippen molar-refractivity contribution in [3.63, 3.8) is 0 Å². The first kappa shape index (κ1) is 51.3. The van der Waals surface area contributed by atoms with E-state index in [4.69, 9.17) is 37.0 Å². The lowest BCUT2D eigenvalue weighted by Gasteiger charge is -2.19. The molecule has 9 aliphatic heterocycles. The van der Waals surface area contributed by atoms with E-state index in [-0.39, 0.29) is 23.0 Å². The lowest BCUT2D eigenvalue weighted by Crippen LogP contribution is -2.05. The van der Waals surface area contributed by atoms with Crippen LogP contribution in [0.15, 0.2) is 218 Å². The number of phosphoric acid groups is 2. The molecule has 0 aliphatic carbocycles. The van der Waals surface area contributed by atoms with E-state index in [1.54, 1.807) is 0 Å². The Morgan fingerprint density at radius 1 is 0.286 bits per heavy atom. The lowest BCUT2D eigenvalue weighted by molar-refractivity contribution is 0.247. The van der Waals surface area contributed by atoms with Gasteiger partial charge in [-0.15, -0.1) is 0 Å². The third-order valence-corrected chi connectivity index (χ3v) is 17.3. The third-order valence-electron chi connectivity index (χ3n) is 15.6. The van der Waals surface area contributed by atoms with Gasteiger partial charge in [-0.25, -0.2) is 9.13 Å². The molecule has 0 atom stereocenters. The number of hydrogen-bond acceptors (Lipinski definition) is 10. The lowest BCUT2D eigenvalue weighted by atomic mass is 9.86. The van der Waals surface area contributed by atoms with E-state index in [1.165, 1.54) is 0 Å². The van der Waals surface area contributed by atoms with Gasteiger partial charge in [0.05, 0.1) is 26.4 Å². The van der Waals surface area contributed by atoms with Gasteiger partial charge in [0.15, 0.2) is 0 Å². The number of hydrogen-bond donors (Lipinski definition) is 2. The maximum Gasteiger partial charge on any atom is 0.584 e. The highest BCUT2D eigenvalue weighted by Gasteiger charge is 2.40. The highest BCUT2D eigenvalue weighted by atomic mass is 31.2. The number of phosphoric ester groups is 2. The van der Waals surface area contributed by atoms with Crippen molar-refractivity contribution in [2.45, 2.75) is 12.8 Å². The quantitative estimate of drug-likeness (QED) is 0.139. The zero-order chi connectivity index (χ0) is 56.5. The van der Waals surface area contributed by atoms with Crippen molar-refractivity contribution < 1.29 is 56.0 Å². The van der Waals surface area contributed by atoms with Crippen LogP contribution in [0.1, 0.15) is 12.8 Å². The van der Waals surface area contributed by atoms with Crippen molar-refractivity contribution in [1.82, 2.24) is 0 Å². The fourth-order valence-electron chi connectivity index (χ4n) is 11.8. The Bertz CT molecular complexity index is 4110. The third kappa shape index (κ3) is 9.39. The first-order valence-corrected chi connectivity index (χ1v) is 30.7. The van der Waals surface area contributed by atoms with Gasteiger partial charge in [0.2, 0.25) is 0 Å². The van der Waals surface area contributed by atoms with Gasteiger partial charge in [0.25, 0.3) is 0 Å². The van der Waals surface area contributed by atoms with E-state index in [2.05, 4.69) is 0 Å². The predicted molar refractivity (Wildman–Crippen MR) is 329 cm³/mol. The van der Waals surface area contributed by atoms with E-state index in [9.17, 15) is 18.9 Å². The summed E-state index contributed by atoms with van der Waals surface area (Å²) in [6.45, 7) is 1.45. The summed E-state index contributed by atoms with van der Waals surface area (Å²) < 4.78 is 78.6. The average molecular weight is 1150 g/mol. The summed E-state index contributed by atoms with van der Waals surface area (Å²) in [6.07, 6.45) is 1.14. The van der Waals surface area contributed by atoms with Gasteiger partial charge in [-0.1, -0.05) is 146 Å². The summed E-state index contributed by atoms with van der Waals surface area (Å²) in [5.41, 5.74) is 7.97. The van der Waals surface area contributed by atoms with Gasteiger partial charge < -0.3 is 37.0 Å². The van der Waals surface area contributed by atoms with Crippen LogP contribution in [0.4, 0.5) is 0 Å². The SMILES string of the molecule is O=P1(O)Oc2c3cc4ccccc4c2-c2c(c(cc4ccccc24)-c2ccc(cc2)OCCCOc2ccc(cc2)-c2cc4ccccc4c4c2OP(=O)(O)Oc2c(cc5ccccc5c2-4)-c2ccc(cc2)OCCCOc2ccc-3cc2)O1. The largest absolute Gasteiger partial charge is 0.584 e. The van der Waals surface area contributed by atoms with E-state index >= 15 is 0 Å². The Morgan fingerprint density at radius 3 is 0.726 bits per heavy atom. The molecule has 412 valence electrons. The molecular weight excluding hydrogens is 1090 g/mol. The summed E-state index contributed by atoms with van der Waals surface area (Å²) in [4.78, 5) is 23.4. The topological polar surface area (TPSA) is 148 Å². The molecule has 21 rings (SSSR count). The smallest absolute Gasteiger partial charge is 0.493 e. The highest BCUT2D eigenvalue weighted by molar-refractivity contribution is 7.48. The Labute approximate surface area is 482 Å². The highest BCUT2D eigenvalue weighted by Crippen LogP contribution is 2.63. The number of ether oxygens (including phenoxy) is 4. The molecule has 0 saturated carbocycles. The first-order chi connectivity index (χ1) is 41.1. The molecule has 0 radical (unpaired) electrons. The molecule has 20 bridgehead atoms. The van der Waals surface area contributed by atoms with Crippen LogP contribution < -0.4 is 37.0 Å². The van der Waals surface area contributed by atoms with Gasteiger partial charge in [-0.3, -0.25) is 9.79 Å². The average Bonchev–Trinajstić information content (AvgIpc) is 2.07. The molecule has 12 aromatic carbocycles. The molecule has 0 unspecified atom stereocenters. The van der Waals surface area contributed by atoms with Crippen LogP contribution in [0.3, 0.4) is 0 Å². The Balaban J connectivity index is 0.811. The molecule has 12 nitrogen and oxygen atoms in total. The van der Waals surface area contributed by atoms with E-state index < -0.39 is 15.6 Å². The molecule has 0 fully saturated rings. The summed E-state index contributed by atoms with van der Waals surface area (Å²) in [7, 11) is -9.62. The second-order valence-electron chi connectivity index (χ2n) is 20.9. The van der Waals surface area contributed by atoms with Crippen LogP contribution in [-0.4, -0.2) is 36.2 Å². The van der Waals surface area contributed by atoms with Gasteiger partial charge in [-0.2, -0.15) is 0 Å². The normalized spacial score (nSPS) is 15.1. The van der Waals surface area contributed by atoms with E-state index in [1.807, 2.05) is 218 Å². The molecule has 84 heavy (non-hydrogen) atoms. The number of benzene rings is 12. The number of rotatable bonds is 0. The minimum absolute atomic E-state index is 0.228. The number of fused-ring (bicyclic) bond motifs is 4. The summed E-state index contributed by atoms with van der Waals surface area (Å²) in [6, 6.07) is 70.0. The molecule has 0 spiro atoms. The van der Waals surface area contributed by atoms with Crippen LogP contribution in [0, 0.1) is 0 Å². The first-order valence-electron chi connectivity index (χ1n) is 27.7. The summed E-state index contributed by atoms with van der Waals surface area (Å²) in [5.74, 6) is 3.44. The second-order valence-corrected chi connectivity index (χ2v) is 23.5. The van der Waals surface area contributed by atoms with Crippen molar-refractivity contribution in [1.29, 1.82) is 0 Å². The van der Waals surface area contributed by atoms with Gasteiger partial charge >= 0.3 is 15.6 Å². The van der Waals surface area contributed by atoms with Crippen molar-refractivity contribution in [3.8, 4) is 113 Å².